The van der Waals surface area contributed by atoms with E-state index in [0.717, 1.165) is 42.9 Å². The molecule has 0 amide bonds. The average molecular weight is 385 g/mol. The normalized spacial score (nSPS) is 16.3. The molecule has 0 unspecified atom stereocenters. The monoisotopic (exact) mass is 385 g/mol. The molecule has 1 saturated heterocycles. The van der Waals surface area contributed by atoms with Crippen LogP contribution in [-0.4, -0.2) is 42.7 Å². The van der Waals surface area contributed by atoms with E-state index in [1.807, 2.05) is 19.9 Å². The van der Waals surface area contributed by atoms with Gasteiger partial charge in [0.15, 0.2) is 6.61 Å². The highest BCUT2D eigenvalue weighted by Gasteiger charge is 2.21. The molecule has 0 radical (unpaired) electrons. The van der Waals surface area contributed by atoms with Crippen LogP contribution in [0.25, 0.3) is 0 Å². The molecule has 150 valence electrons. The second kappa shape index (κ2) is 9.17. The van der Waals surface area contributed by atoms with Crippen molar-refractivity contribution in [1.29, 1.82) is 0 Å². The number of hydrogen-bond donors (Lipinski definition) is 0. The third-order valence-electron chi connectivity index (χ3n) is 5.12. The lowest BCUT2D eigenvalue weighted by molar-refractivity contribution is 0.0474. The van der Waals surface area contributed by atoms with E-state index >= 15 is 0 Å². The fraction of sp³-hybridized carbons (Fsp3) is 0.455. The highest BCUT2D eigenvalue weighted by molar-refractivity contribution is 6.00. The van der Waals surface area contributed by atoms with Crippen LogP contribution < -0.4 is 0 Å². The first-order valence-corrected chi connectivity index (χ1v) is 9.56. The molecule has 1 aromatic heterocycles. The Labute approximate surface area is 165 Å². The van der Waals surface area contributed by atoms with Gasteiger partial charge in [-0.3, -0.25) is 4.79 Å². The van der Waals surface area contributed by atoms with Gasteiger partial charge in [0.05, 0.1) is 18.3 Å². The molecule has 1 aromatic carbocycles. The zero-order chi connectivity index (χ0) is 20.1. The Morgan fingerprint density at radius 1 is 1.21 bits per heavy atom. The lowest BCUT2D eigenvalue weighted by atomic mass is 10.1. The third-order valence-corrected chi connectivity index (χ3v) is 5.12. The highest BCUT2D eigenvalue weighted by atomic mass is 16.5. The van der Waals surface area contributed by atoms with Crippen molar-refractivity contribution in [3.8, 4) is 0 Å². The van der Waals surface area contributed by atoms with E-state index in [4.69, 9.17) is 14.2 Å². The summed E-state index contributed by atoms with van der Waals surface area (Å²) in [5.41, 5.74) is 3.87. The summed E-state index contributed by atoms with van der Waals surface area (Å²) in [6.07, 6.45) is 2.32. The molecular formula is C22H27NO5. The van der Waals surface area contributed by atoms with Gasteiger partial charge < -0.3 is 18.8 Å². The molecule has 0 saturated carbocycles. The van der Waals surface area contributed by atoms with Crippen LogP contribution in [0, 0.1) is 13.8 Å². The van der Waals surface area contributed by atoms with Crippen LogP contribution in [0.5, 0.6) is 0 Å². The standard InChI is InChI=1S/C22H27NO5/c1-15-11-20(16(2)23(15)12-19-5-4-10-27-19)21(24)14-28-22(25)18-8-6-17(7-9-18)13-26-3/h6-9,11,19H,4-5,10,12-14H2,1-3H3/t19-/m1/s1. The quantitative estimate of drug-likeness (QED) is 0.514. The molecule has 6 heteroatoms. The summed E-state index contributed by atoms with van der Waals surface area (Å²) in [6, 6.07) is 8.82. The number of nitrogens with zero attached hydrogens (tertiary/aromatic N) is 1. The van der Waals surface area contributed by atoms with Crippen LogP contribution in [0.15, 0.2) is 30.3 Å². The number of carbonyl (C=O) groups excluding carboxylic acids is 2. The Bertz CT molecular complexity index is 831. The molecule has 1 aliphatic rings. The Morgan fingerprint density at radius 2 is 1.96 bits per heavy atom. The molecule has 0 bridgehead atoms. The predicted octanol–water partition coefficient (Wildman–Crippen LogP) is 3.47. The van der Waals surface area contributed by atoms with Gasteiger partial charge in [-0.25, -0.2) is 4.79 Å². The second-order valence-electron chi connectivity index (χ2n) is 7.16. The molecule has 2 aromatic rings. The average Bonchev–Trinajstić information content (AvgIpc) is 3.30. The van der Waals surface area contributed by atoms with Crippen molar-refractivity contribution in [3.05, 3.63) is 58.4 Å². The largest absolute Gasteiger partial charge is 0.454 e. The van der Waals surface area contributed by atoms with Gasteiger partial charge in [0, 0.05) is 37.2 Å². The van der Waals surface area contributed by atoms with Crippen LogP contribution in [0.3, 0.4) is 0 Å². The van der Waals surface area contributed by atoms with E-state index in [-0.39, 0.29) is 18.5 Å². The second-order valence-corrected chi connectivity index (χ2v) is 7.16. The van der Waals surface area contributed by atoms with Crippen molar-refractivity contribution in [2.24, 2.45) is 0 Å². The minimum absolute atomic E-state index is 0.198. The molecule has 0 aliphatic carbocycles. The summed E-state index contributed by atoms with van der Waals surface area (Å²) in [6.45, 7) is 5.66. The fourth-order valence-electron chi connectivity index (χ4n) is 3.55. The third kappa shape index (κ3) is 4.69. The van der Waals surface area contributed by atoms with Gasteiger partial charge in [-0.15, -0.1) is 0 Å². The van der Waals surface area contributed by atoms with Gasteiger partial charge >= 0.3 is 5.97 Å². The van der Waals surface area contributed by atoms with Crippen molar-refractivity contribution in [2.75, 3.05) is 20.3 Å². The number of carbonyl (C=O) groups is 2. The molecular weight excluding hydrogens is 358 g/mol. The minimum atomic E-state index is -0.509. The van der Waals surface area contributed by atoms with Gasteiger partial charge in [0.2, 0.25) is 5.78 Å². The molecule has 1 aliphatic heterocycles. The first-order valence-electron chi connectivity index (χ1n) is 9.56. The molecule has 2 heterocycles. The maximum Gasteiger partial charge on any atom is 0.338 e. The summed E-state index contributed by atoms with van der Waals surface area (Å²) in [4.78, 5) is 24.8. The smallest absolute Gasteiger partial charge is 0.338 e. The van der Waals surface area contributed by atoms with Crippen molar-refractivity contribution in [1.82, 2.24) is 4.57 Å². The van der Waals surface area contributed by atoms with Gasteiger partial charge in [-0.1, -0.05) is 12.1 Å². The SMILES string of the molecule is COCc1ccc(C(=O)OCC(=O)c2cc(C)n(C[C@H]3CCCO3)c2C)cc1. The number of Topliss-reactive ketones (excluding diaryl/α,β-unsaturated/α-hetero) is 1. The summed E-state index contributed by atoms with van der Waals surface area (Å²) in [5.74, 6) is -0.707. The zero-order valence-corrected chi connectivity index (χ0v) is 16.7. The molecule has 1 atom stereocenters. The van der Waals surface area contributed by atoms with E-state index < -0.39 is 5.97 Å². The summed E-state index contributed by atoms with van der Waals surface area (Å²) in [5, 5.41) is 0. The number of aromatic nitrogens is 1. The van der Waals surface area contributed by atoms with E-state index in [9.17, 15) is 9.59 Å². The number of ketones is 1. The first kappa shape index (κ1) is 20.3. The lowest BCUT2D eigenvalue weighted by Crippen LogP contribution is -2.18. The summed E-state index contributed by atoms with van der Waals surface area (Å²) in [7, 11) is 1.62. The molecule has 1 fully saturated rings. The molecule has 28 heavy (non-hydrogen) atoms. The minimum Gasteiger partial charge on any atom is -0.454 e. The van der Waals surface area contributed by atoms with Crippen LogP contribution in [-0.2, 0) is 27.4 Å². The van der Waals surface area contributed by atoms with Crippen molar-refractivity contribution in [3.63, 3.8) is 0 Å². The van der Waals surface area contributed by atoms with Gasteiger partial charge in [-0.05, 0) is 50.5 Å². The van der Waals surface area contributed by atoms with Crippen molar-refractivity contribution in [2.45, 2.75) is 45.9 Å². The lowest BCUT2D eigenvalue weighted by Gasteiger charge is -2.14. The highest BCUT2D eigenvalue weighted by Crippen LogP contribution is 2.21. The van der Waals surface area contributed by atoms with Crippen molar-refractivity contribution >= 4 is 11.8 Å². The zero-order valence-electron chi connectivity index (χ0n) is 16.7. The van der Waals surface area contributed by atoms with E-state index in [0.29, 0.717) is 17.7 Å². The summed E-state index contributed by atoms with van der Waals surface area (Å²) < 4.78 is 18.1. The van der Waals surface area contributed by atoms with E-state index in [1.54, 1.807) is 31.4 Å². The summed E-state index contributed by atoms with van der Waals surface area (Å²) >= 11 is 0. The number of benzene rings is 1. The number of hydrogen-bond acceptors (Lipinski definition) is 5. The molecule has 0 spiro atoms. The number of ether oxygens (including phenoxy) is 3. The number of rotatable bonds is 8. The van der Waals surface area contributed by atoms with Crippen LogP contribution >= 0.6 is 0 Å². The van der Waals surface area contributed by atoms with Crippen LogP contribution in [0.1, 0.15) is 50.5 Å². The Morgan fingerprint density at radius 3 is 2.61 bits per heavy atom. The molecule has 0 N–H and O–H groups in total. The number of aryl methyl sites for hydroxylation is 1. The Balaban J connectivity index is 1.60. The van der Waals surface area contributed by atoms with Crippen LogP contribution in [0.4, 0.5) is 0 Å². The fourth-order valence-corrected chi connectivity index (χ4v) is 3.55. The van der Waals surface area contributed by atoms with Gasteiger partial charge in [-0.2, -0.15) is 0 Å². The molecule has 3 rings (SSSR count). The number of esters is 1. The van der Waals surface area contributed by atoms with Gasteiger partial charge in [0.1, 0.15) is 0 Å². The van der Waals surface area contributed by atoms with E-state index in [1.165, 1.54) is 0 Å². The van der Waals surface area contributed by atoms with Crippen LogP contribution in [0.2, 0.25) is 0 Å². The van der Waals surface area contributed by atoms with E-state index in [2.05, 4.69) is 4.57 Å². The number of methoxy groups -OCH3 is 1. The first-order chi connectivity index (χ1) is 13.5. The maximum absolute atomic E-state index is 12.6. The molecule has 6 nitrogen and oxygen atoms in total. The Hall–Kier alpha value is -2.44. The van der Waals surface area contributed by atoms with Crippen molar-refractivity contribution < 1.29 is 23.8 Å². The predicted molar refractivity (Wildman–Crippen MR) is 105 cm³/mol. The van der Waals surface area contributed by atoms with Gasteiger partial charge in [0.25, 0.3) is 0 Å². The topological polar surface area (TPSA) is 66.8 Å². The Kier molecular flexibility index (Phi) is 6.65. The maximum atomic E-state index is 12.6.